The van der Waals surface area contributed by atoms with Crippen molar-refractivity contribution in [2.45, 2.75) is 0 Å². The van der Waals surface area contributed by atoms with Gasteiger partial charge in [0.2, 0.25) is 0 Å². The third-order valence-electron chi connectivity index (χ3n) is 11.0. The second-order valence-electron chi connectivity index (χ2n) is 14.3. The molecule has 8 aromatic carbocycles. The van der Waals surface area contributed by atoms with Crippen LogP contribution in [0.3, 0.4) is 0 Å². The van der Waals surface area contributed by atoms with Crippen molar-refractivity contribution in [3.05, 3.63) is 176 Å². The minimum atomic E-state index is 0.543. The van der Waals surface area contributed by atoms with Gasteiger partial charge in [-0.2, -0.15) is 0 Å². The molecule has 0 aliphatic rings. The lowest BCUT2D eigenvalue weighted by Gasteiger charge is -2.11. The van der Waals surface area contributed by atoms with Gasteiger partial charge in [-0.25, -0.2) is 15.0 Å². The molecule has 0 spiro atoms. The summed E-state index contributed by atoms with van der Waals surface area (Å²) in [5.41, 5.74) is 11.6. The van der Waals surface area contributed by atoms with Gasteiger partial charge in [-0.3, -0.25) is 0 Å². The molecule has 0 aliphatic heterocycles. The lowest BCUT2D eigenvalue weighted by Crippen LogP contribution is -2.00. The quantitative estimate of drug-likeness (QED) is 0.175. The van der Waals surface area contributed by atoms with Crippen LogP contribution < -0.4 is 0 Å². The molecular formula is C51H29N3O3. The lowest BCUT2D eigenvalue weighted by molar-refractivity contribution is 0.668. The van der Waals surface area contributed by atoms with Gasteiger partial charge in [0.25, 0.3) is 0 Å². The lowest BCUT2D eigenvalue weighted by atomic mass is 9.95. The molecule has 57 heavy (non-hydrogen) atoms. The van der Waals surface area contributed by atoms with Crippen molar-refractivity contribution in [1.82, 2.24) is 15.0 Å². The Morgan fingerprint density at radius 2 is 0.807 bits per heavy atom. The highest BCUT2D eigenvalue weighted by Crippen LogP contribution is 2.45. The molecule has 266 valence electrons. The van der Waals surface area contributed by atoms with Gasteiger partial charge in [-0.05, 0) is 65.2 Å². The topological polar surface area (TPSA) is 78.1 Å². The van der Waals surface area contributed by atoms with Gasteiger partial charge in [0, 0.05) is 54.6 Å². The molecule has 4 heterocycles. The number of furan rings is 3. The van der Waals surface area contributed by atoms with Gasteiger partial charge in [-0.15, -0.1) is 0 Å². The summed E-state index contributed by atoms with van der Waals surface area (Å²) in [6.07, 6.45) is 0. The van der Waals surface area contributed by atoms with Crippen LogP contribution in [0, 0.1) is 0 Å². The van der Waals surface area contributed by atoms with Crippen molar-refractivity contribution in [2.24, 2.45) is 0 Å². The molecule has 4 aromatic heterocycles. The fraction of sp³-hybridized carbons (Fsp3) is 0. The van der Waals surface area contributed by atoms with Crippen molar-refractivity contribution < 1.29 is 13.3 Å². The van der Waals surface area contributed by atoms with E-state index in [1.54, 1.807) is 0 Å². The Hall–Kier alpha value is -7.83. The van der Waals surface area contributed by atoms with Crippen LogP contribution in [-0.4, -0.2) is 15.0 Å². The molecule has 0 fully saturated rings. The highest BCUT2D eigenvalue weighted by Gasteiger charge is 2.23. The Balaban J connectivity index is 1.09. The first-order valence-corrected chi connectivity index (χ1v) is 18.9. The van der Waals surface area contributed by atoms with Crippen molar-refractivity contribution in [2.75, 3.05) is 0 Å². The molecule has 0 amide bonds. The molecule has 6 heteroatoms. The Morgan fingerprint density at radius 1 is 0.281 bits per heavy atom. The highest BCUT2D eigenvalue weighted by molar-refractivity contribution is 6.20. The smallest absolute Gasteiger partial charge is 0.164 e. The maximum atomic E-state index is 6.79. The molecule has 6 nitrogen and oxygen atoms in total. The van der Waals surface area contributed by atoms with Gasteiger partial charge in [0.15, 0.2) is 17.5 Å². The van der Waals surface area contributed by atoms with E-state index in [0.29, 0.717) is 17.5 Å². The van der Waals surface area contributed by atoms with Crippen LogP contribution in [-0.2, 0) is 0 Å². The van der Waals surface area contributed by atoms with Crippen LogP contribution in [0.4, 0.5) is 0 Å². The Kier molecular flexibility index (Phi) is 6.83. The third-order valence-corrected chi connectivity index (χ3v) is 11.0. The van der Waals surface area contributed by atoms with Crippen LogP contribution in [0.2, 0.25) is 0 Å². The Labute approximate surface area is 325 Å². The summed E-state index contributed by atoms with van der Waals surface area (Å²) in [7, 11) is 0. The number of nitrogens with zero attached hydrogens (tertiary/aromatic N) is 3. The summed E-state index contributed by atoms with van der Waals surface area (Å²) in [6, 6.07) is 59.8. The molecule has 0 atom stereocenters. The molecule has 12 rings (SSSR count). The van der Waals surface area contributed by atoms with Gasteiger partial charge in [0.05, 0.1) is 0 Å². The van der Waals surface area contributed by atoms with E-state index in [1.165, 1.54) is 0 Å². The van der Waals surface area contributed by atoms with Crippen molar-refractivity contribution in [3.8, 4) is 56.4 Å². The molecular weight excluding hydrogens is 703 g/mol. The predicted molar refractivity (Wildman–Crippen MR) is 229 cm³/mol. The number of fused-ring (bicyclic) bond motifs is 9. The van der Waals surface area contributed by atoms with Crippen LogP contribution >= 0.6 is 0 Å². The number of para-hydroxylation sites is 3. The average molecular weight is 732 g/mol. The molecule has 12 aromatic rings. The van der Waals surface area contributed by atoms with E-state index in [2.05, 4.69) is 97.1 Å². The fourth-order valence-electron chi connectivity index (χ4n) is 8.29. The maximum Gasteiger partial charge on any atom is 0.164 e. The van der Waals surface area contributed by atoms with E-state index < -0.39 is 0 Å². The normalized spacial score (nSPS) is 11.9. The summed E-state index contributed by atoms with van der Waals surface area (Å²) in [5.74, 6) is 1.66. The van der Waals surface area contributed by atoms with E-state index in [9.17, 15) is 0 Å². The molecule has 0 N–H and O–H groups in total. The van der Waals surface area contributed by atoms with Gasteiger partial charge >= 0.3 is 0 Å². The molecule has 0 radical (unpaired) electrons. The van der Waals surface area contributed by atoms with Crippen molar-refractivity contribution in [3.63, 3.8) is 0 Å². The molecule has 0 saturated carbocycles. The van der Waals surface area contributed by atoms with Gasteiger partial charge < -0.3 is 13.3 Å². The summed E-state index contributed by atoms with van der Waals surface area (Å²) in [4.78, 5) is 15.6. The number of benzene rings is 8. The van der Waals surface area contributed by atoms with E-state index in [-0.39, 0.29) is 0 Å². The zero-order valence-corrected chi connectivity index (χ0v) is 30.3. The SMILES string of the molecule is c1ccc(-c2ccc(-c3nc(-c4ccc5c(c4)oc4ccccc45)nc(-c4ccc(-c5cccc6oc7ccccc7c56)c5oc6ccccc6c45)n3)cc2)cc1. The molecule has 0 unspecified atom stereocenters. The number of hydrogen-bond acceptors (Lipinski definition) is 6. The first kappa shape index (κ1) is 31.5. The molecule has 0 bridgehead atoms. The summed E-state index contributed by atoms with van der Waals surface area (Å²) in [5, 5.41) is 6.14. The number of rotatable bonds is 5. The van der Waals surface area contributed by atoms with Crippen LogP contribution in [0.15, 0.2) is 189 Å². The standard InChI is InChI=1S/C51H29N3O3/c1-2-11-30(12-3-1)31-21-23-32(24-22-31)49-52-50(33-25-26-35-34-13-4-7-17-41(34)56-45(35)29-33)54-51(53-49)40-28-27-37(48-47(40)39-15-6-9-19-43(39)57-48)36-16-10-20-44-46(36)38-14-5-8-18-42(38)55-44/h1-29H. The zero-order chi connectivity index (χ0) is 37.5. The summed E-state index contributed by atoms with van der Waals surface area (Å²) in [6.45, 7) is 0. The van der Waals surface area contributed by atoms with E-state index in [0.717, 1.165) is 105 Å². The second-order valence-corrected chi connectivity index (χ2v) is 14.3. The fourth-order valence-corrected chi connectivity index (χ4v) is 8.29. The maximum absolute atomic E-state index is 6.79. The van der Waals surface area contributed by atoms with Crippen molar-refractivity contribution >= 4 is 65.8 Å². The predicted octanol–water partition coefficient (Wildman–Crippen LogP) is 13.9. The zero-order valence-electron chi connectivity index (χ0n) is 30.3. The van der Waals surface area contributed by atoms with Gasteiger partial charge in [-0.1, -0.05) is 127 Å². The Bertz CT molecular complexity index is 3520. The third kappa shape index (κ3) is 5.01. The summed E-state index contributed by atoms with van der Waals surface area (Å²) < 4.78 is 19.4. The minimum absolute atomic E-state index is 0.543. The van der Waals surface area contributed by atoms with Crippen LogP contribution in [0.5, 0.6) is 0 Å². The average Bonchev–Trinajstić information content (AvgIpc) is 3.98. The Morgan fingerprint density at radius 3 is 1.60 bits per heavy atom. The molecule has 0 saturated heterocycles. The van der Waals surface area contributed by atoms with Crippen molar-refractivity contribution in [1.29, 1.82) is 0 Å². The number of aromatic nitrogens is 3. The largest absolute Gasteiger partial charge is 0.456 e. The highest BCUT2D eigenvalue weighted by atomic mass is 16.3. The van der Waals surface area contributed by atoms with E-state index in [1.807, 2.05) is 78.9 Å². The van der Waals surface area contributed by atoms with E-state index in [4.69, 9.17) is 28.2 Å². The monoisotopic (exact) mass is 731 g/mol. The first-order valence-electron chi connectivity index (χ1n) is 18.9. The second kappa shape index (κ2) is 12.3. The first-order chi connectivity index (χ1) is 28.2. The van der Waals surface area contributed by atoms with Crippen LogP contribution in [0.1, 0.15) is 0 Å². The van der Waals surface area contributed by atoms with E-state index >= 15 is 0 Å². The minimum Gasteiger partial charge on any atom is -0.456 e. The molecule has 0 aliphatic carbocycles. The van der Waals surface area contributed by atoms with Gasteiger partial charge in [0.1, 0.15) is 33.5 Å². The number of hydrogen-bond donors (Lipinski definition) is 0. The summed E-state index contributed by atoms with van der Waals surface area (Å²) >= 11 is 0. The van der Waals surface area contributed by atoms with Crippen LogP contribution in [0.25, 0.3) is 122 Å².